The van der Waals surface area contributed by atoms with Gasteiger partial charge in [0.25, 0.3) is 0 Å². The average Bonchev–Trinajstić information content (AvgIpc) is 3.25. The smallest absolute Gasteiger partial charge is 0.338 e. The second-order valence-electron chi connectivity index (χ2n) is 6.65. The van der Waals surface area contributed by atoms with E-state index in [0.717, 1.165) is 17.0 Å². The van der Waals surface area contributed by atoms with Crippen molar-refractivity contribution in [3.8, 4) is 22.1 Å². The maximum Gasteiger partial charge on any atom is 0.338 e. The summed E-state index contributed by atoms with van der Waals surface area (Å²) in [5, 5.41) is 5.47. The van der Waals surface area contributed by atoms with Crippen molar-refractivity contribution in [2.45, 2.75) is 19.8 Å². The number of rotatable bonds is 9. The van der Waals surface area contributed by atoms with Crippen LogP contribution in [0.15, 0.2) is 47.8 Å². The Morgan fingerprint density at radius 3 is 2.45 bits per heavy atom. The van der Waals surface area contributed by atoms with E-state index in [1.165, 1.54) is 11.3 Å². The number of nitrogens with one attached hydrogen (secondary N) is 1. The van der Waals surface area contributed by atoms with Crippen LogP contribution in [0, 0.1) is 0 Å². The third-order valence-electron chi connectivity index (χ3n) is 4.37. The van der Waals surface area contributed by atoms with Crippen LogP contribution in [-0.4, -0.2) is 37.7 Å². The first-order valence-corrected chi connectivity index (χ1v) is 10.7. The first-order valence-electron chi connectivity index (χ1n) is 9.78. The average molecular weight is 441 g/mol. The number of hydrogen-bond donors (Lipinski definition) is 1. The van der Waals surface area contributed by atoms with E-state index >= 15 is 0 Å². The van der Waals surface area contributed by atoms with Crippen molar-refractivity contribution in [1.82, 2.24) is 4.98 Å². The lowest BCUT2D eigenvalue weighted by molar-refractivity contribution is -0.115. The number of methoxy groups -OCH3 is 2. The number of ether oxygens (including phenoxy) is 3. The Bertz CT molecular complexity index is 1050. The number of carbonyl (C=O) groups is 2. The monoisotopic (exact) mass is 440 g/mol. The van der Waals surface area contributed by atoms with Crippen LogP contribution in [-0.2, 0) is 16.0 Å². The second-order valence-corrected chi connectivity index (χ2v) is 7.51. The minimum absolute atomic E-state index is 0.143. The highest BCUT2D eigenvalue weighted by atomic mass is 32.1. The van der Waals surface area contributed by atoms with Gasteiger partial charge in [-0.25, -0.2) is 9.78 Å². The van der Waals surface area contributed by atoms with Gasteiger partial charge in [-0.1, -0.05) is 6.92 Å². The number of esters is 1. The molecule has 0 saturated carbocycles. The molecule has 8 heteroatoms. The summed E-state index contributed by atoms with van der Waals surface area (Å²) in [5.41, 5.74) is 2.62. The molecule has 1 amide bonds. The Labute approximate surface area is 185 Å². The molecule has 1 N–H and O–H groups in total. The molecule has 0 aliphatic carbocycles. The topological polar surface area (TPSA) is 86.8 Å². The maximum absolute atomic E-state index is 12.4. The highest BCUT2D eigenvalue weighted by Crippen LogP contribution is 2.33. The fraction of sp³-hybridized carbons (Fsp3) is 0.261. The van der Waals surface area contributed by atoms with Crippen molar-refractivity contribution >= 4 is 28.9 Å². The summed E-state index contributed by atoms with van der Waals surface area (Å²) in [4.78, 5) is 28.8. The van der Waals surface area contributed by atoms with E-state index in [4.69, 9.17) is 14.2 Å². The van der Waals surface area contributed by atoms with Crippen molar-refractivity contribution in [1.29, 1.82) is 0 Å². The standard InChI is InChI=1S/C23H24N2O5S/c1-4-11-30-23(27)15-5-8-17(9-6-15)24-21(26)13-18-14-31-22(25-18)16-7-10-19(28-2)20(12-16)29-3/h5-10,12,14H,4,11,13H2,1-3H3,(H,24,26). The van der Waals surface area contributed by atoms with E-state index in [-0.39, 0.29) is 18.3 Å². The summed E-state index contributed by atoms with van der Waals surface area (Å²) < 4.78 is 15.7. The van der Waals surface area contributed by atoms with Crippen LogP contribution in [0.2, 0.25) is 0 Å². The molecule has 0 saturated heterocycles. The number of anilines is 1. The number of hydrogen-bond acceptors (Lipinski definition) is 7. The van der Waals surface area contributed by atoms with Gasteiger partial charge >= 0.3 is 5.97 Å². The maximum atomic E-state index is 12.4. The number of amides is 1. The van der Waals surface area contributed by atoms with Gasteiger partial charge in [-0.3, -0.25) is 4.79 Å². The molecular formula is C23H24N2O5S. The van der Waals surface area contributed by atoms with E-state index in [2.05, 4.69) is 10.3 Å². The Kier molecular flexibility index (Phi) is 7.61. The zero-order valence-electron chi connectivity index (χ0n) is 17.6. The molecule has 0 bridgehead atoms. The molecule has 0 atom stereocenters. The third-order valence-corrected chi connectivity index (χ3v) is 5.31. The van der Waals surface area contributed by atoms with Gasteiger partial charge in [0.2, 0.25) is 5.91 Å². The molecular weight excluding hydrogens is 416 g/mol. The van der Waals surface area contributed by atoms with Crippen molar-refractivity contribution in [2.24, 2.45) is 0 Å². The van der Waals surface area contributed by atoms with E-state index in [9.17, 15) is 9.59 Å². The quantitative estimate of drug-likeness (QED) is 0.490. The van der Waals surface area contributed by atoms with Gasteiger partial charge in [0.1, 0.15) is 5.01 Å². The molecule has 0 unspecified atom stereocenters. The molecule has 7 nitrogen and oxygen atoms in total. The molecule has 0 aliphatic rings. The van der Waals surface area contributed by atoms with Gasteiger partial charge in [0.05, 0.1) is 38.5 Å². The van der Waals surface area contributed by atoms with E-state index in [1.807, 2.05) is 30.5 Å². The van der Waals surface area contributed by atoms with Crippen molar-refractivity contribution in [2.75, 3.05) is 26.1 Å². The fourth-order valence-corrected chi connectivity index (χ4v) is 3.64. The molecule has 0 radical (unpaired) electrons. The van der Waals surface area contributed by atoms with Crippen LogP contribution in [0.5, 0.6) is 11.5 Å². The van der Waals surface area contributed by atoms with Crippen molar-refractivity contribution in [3.05, 3.63) is 59.1 Å². The Hall–Kier alpha value is -3.39. The SMILES string of the molecule is CCCOC(=O)c1ccc(NC(=O)Cc2csc(-c3ccc(OC)c(OC)c3)n2)cc1. The minimum atomic E-state index is -0.370. The highest BCUT2D eigenvalue weighted by molar-refractivity contribution is 7.13. The van der Waals surface area contributed by atoms with Crippen LogP contribution in [0.25, 0.3) is 10.6 Å². The lowest BCUT2D eigenvalue weighted by atomic mass is 10.2. The number of benzene rings is 2. The highest BCUT2D eigenvalue weighted by Gasteiger charge is 2.13. The van der Waals surface area contributed by atoms with Crippen LogP contribution < -0.4 is 14.8 Å². The van der Waals surface area contributed by atoms with Crippen molar-refractivity contribution in [3.63, 3.8) is 0 Å². The van der Waals surface area contributed by atoms with Gasteiger partial charge in [-0.15, -0.1) is 11.3 Å². The van der Waals surface area contributed by atoms with Gasteiger partial charge in [-0.05, 0) is 48.9 Å². The summed E-state index contributed by atoms with van der Waals surface area (Å²) in [5.74, 6) is 0.707. The minimum Gasteiger partial charge on any atom is -0.493 e. The summed E-state index contributed by atoms with van der Waals surface area (Å²) in [6, 6.07) is 12.2. The Morgan fingerprint density at radius 1 is 1.03 bits per heavy atom. The van der Waals surface area contributed by atoms with Gasteiger partial charge in [-0.2, -0.15) is 0 Å². The lowest BCUT2D eigenvalue weighted by Gasteiger charge is -2.08. The van der Waals surface area contributed by atoms with Gasteiger partial charge < -0.3 is 19.5 Å². The molecule has 0 aliphatic heterocycles. The third kappa shape index (κ3) is 5.82. The number of carbonyl (C=O) groups excluding carboxylic acids is 2. The van der Waals surface area contributed by atoms with Gasteiger partial charge in [0.15, 0.2) is 11.5 Å². The normalized spacial score (nSPS) is 10.4. The van der Waals surface area contributed by atoms with Crippen LogP contribution in [0.3, 0.4) is 0 Å². The number of thiazole rings is 1. The largest absolute Gasteiger partial charge is 0.493 e. The second kappa shape index (κ2) is 10.6. The van der Waals surface area contributed by atoms with Crippen molar-refractivity contribution < 1.29 is 23.8 Å². The van der Waals surface area contributed by atoms with Crippen LogP contribution in [0.1, 0.15) is 29.4 Å². The molecule has 31 heavy (non-hydrogen) atoms. The van der Waals surface area contributed by atoms with E-state index < -0.39 is 0 Å². The van der Waals surface area contributed by atoms with Crippen LogP contribution >= 0.6 is 11.3 Å². The first-order chi connectivity index (χ1) is 15.0. The number of nitrogens with zero attached hydrogens (tertiary/aromatic N) is 1. The molecule has 1 heterocycles. The molecule has 1 aromatic heterocycles. The Morgan fingerprint density at radius 2 is 1.77 bits per heavy atom. The summed E-state index contributed by atoms with van der Waals surface area (Å²) >= 11 is 1.46. The summed E-state index contributed by atoms with van der Waals surface area (Å²) in [7, 11) is 3.17. The molecule has 0 fully saturated rings. The first kappa shape index (κ1) is 22.3. The zero-order chi connectivity index (χ0) is 22.2. The molecule has 2 aromatic carbocycles. The van der Waals surface area contributed by atoms with E-state index in [1.54, 1.807) is 38.5 Å². The molecule has 0 spiro atoms. The predicted molar refractivity (Wildman–Crippen MR) is 120 cm³/mol. The predicted octanol–water partition coefficient (Wildman–Crippen LogP) is 4.58. The molecule has 162 valence electrons. The van der Waals surface area contributed by atoms with Gasteiger partial charge in [0, 0.05) is 16.6 Å². The molecule has 3 rings (SSSR count). The number of aromatic nitrogens is 1. The Balaban J connectivity index is 1.61. The van der Waals surface area contributed by atoms with E-state index in [0.29, 0.717) is 35.1 Å². The zero-order valence-corrected chi connectivity index (χ0v) is 18.5. The molecule has 3 aromatic rings. The summed E-state index contributed by atoms with van der Waals surface area (Å²) in [6.45, 7) is 2.32. The fourth-order valence-electron chi connectivity index (χ4n) is 2.83. The van der Waals surface area contributed by atoms with Crippen LogP contribution in [0.4, 0.5) is 5.69 Å². The lowest BCUT2D eigenvalue weighted by Crippen LogP contribution is -2.14. The summed E-state index contributed by atoms with van der Waals surface area (Å²) in [6.07, 6.45) is 0.911.